The molecule has 1 amide bonds. The summed E-state index contributed by atoms with van der Waals surface area (Å²) in [5.74, 6) is 0.325. The van der Waals surface area contributed by atoms with Crippen LogP contribution >= 0.6 is 0 Å². The van der Waals surface area contributed by atoms with Crippen LogP contribution in [0.4, 0.5) is 0 Å². The van der Waals surface area contributed by atoms with E-state index in [9.17, 15) is 9.90 Å². The number of aromatic amines is 1. The molecule has 0 spiro atoms. The zero-order valence-corrected chi connectivity index (χ0v) is 13.7. The predicted molar refractivity (Wildman–Crippen MR) is 92.6 cm³/mol. The molecule has 0 aliphatic carbocycles. The Morgan fingerprint density at radius 3 is 2.88 bits per heavy atom. The summed E-state index contributed by atoms with van der Waals surface area (Å²) in [6.07, 6.45) is 3.92. The molecule has 128 valence electrons. The Morgan fingerprint density at radius 1 is 1.33 bits per heavy atom. The lowest BCUT2D eigenvalue weighted by molar-refractivity contribution is 0.0930. The Morgan fingerprint density at radius 2 is 2.17 bits per heavy atom. The SMILES string of the molecule is O=C(NCCN1CCCC(CO)C1)c1ccc(-c2ccn[nH]2)cc1. The van der Waals surface area contributed by atoms with Crippen molar-refractivity contribution in [3.63, 3.8) is 0 Å². The monoisotopic (exact) mass is 328 g/mol. The summed E-state index contributed by atoms with van der Waals surface area (Å²) in [6, 6.07) is 9.38. The van der Waals surface area contributed by atoms with Crippen LogP contribution in [0.2, 0.25) is 0 Å². The quantitative estimate of drug-likeness (QED) is 0.751. The maximum Gasteiger partial charge on any atom is 0.251 e. The number of H-pyrrole nitrogens is 1. The van der Waals surface area contributed by atoms with Crippen molar-refractivity contribution >= 4 is 5.91 Å². The summed E-state index contributed by atoms with van der Waals surface area (Å²) in [7, 11) is 0. The highest BCUT2D eigenvalue weighted by Crippen LogP contribution is 2.17. The number of carbonyl (C=O) groups excluding carboxylic acids is 1. The van der Waals surface area contributed by atoms with Crippen LogP contribution in [0, 0.1) is 5.92 Å². The van der Waals surface area contributed by atoms with E-state index in [-0.39, 0.29) is 12.5 Å². The summed E-state index contributed by atoms with van der Waals surface area (Å²) in [6.45, 7) is 3.68. The summed E-state index contributed by atoms with van der Waals surface area (Å²) in [5, 5.41) is 19.1. The van der Waals surface area contributed by atoms with Gasteiger partial charge >= 0.3 is 0 Å². The second-order valence-corrected chi connectivity index (χ2v) is 6.30. The molecule has 6 nitrogen and oxygen atoms in total. The number of nitrogens with one attached hydrogen (secondary N) is 2. The number of amides is 1. The van der Waals surface area contributed by atoms with Gasteiger partial charge in [0.05, 0.1) is 5.69 Å². The van der Waals surface area contributed by atoms with Gasteiger partial charge in [0.25, 0.3) is 5.91 Å². The molecule has 2 aromatic rings. The second-order valence-electron chi connectivity index (χ2n) is 6.30. The molecular formula is C18H24N4O2. The molecule has 1 aliphatic heterocycles. The van der Waals surface area contributed by atoms with Gasteiger partial charge in [-0.25, -0.2) is 0 Å². The van der Waals surface area contributed by atoms with E-state index in [1.165, 1.54) is 0 Å². The molecule has 1 aliphatic rings. The van der Waals surface area contributed by atoms with Crippen molar-refractivity contribution < 1.29 is 9.90 Å². The van der Waals surface area contributed by atoms with Gasteiger partial charge in [-0.3, -0.25) is 9.89 Å². The minimum absolute atomic E-state index is 0.0538. The second kappa shape index (κ2) is 8.08. The van der Waals surface area contributed by atoms with E-state index in [1.54, 1.807) is 6.20 Å². The number of nitrogens with zero attached hydrogens (tertiary/aromatic N) is 2. The summed E-state index contributed by atoms with van der Waals surface area (Å²) in [5.41, 5.74) is 2.60. The van der Waals surface area contributed by atoms with E-state index >= 15 is 0 Å². The van der Waals surface area contributed by atoms with Gasteiger partial charge in [-0.15, -0.1) is 0 Å². The van der Waals surface area contributed by atoms with Crippen LogP contribution < -0.4 is 5.32 Å². The van der Waals surface area contributed by atoms with Crippen LogP contribution in [0.15, 0.2) is 36.5 Å². The van der Waals surface area contributed by atoms with Crippen LogP contribution in [-0.4, -0.2) is 58.9 Å². The number of benzene rings is 1. The molecule has 0 bridgehead atoms. The van der Waals surface area contributed by atoms with E-state index in [0.29, 0.717) is 18.0 Å². The Labute approximate surface area is 141 Å². The maximum absolute atomic E-state index is 12.2. The molecule has 1 aromatic heterocycles. The summed E-state index contributed by atoms with van der Waals surface area (Å²) < 4.78 is 0. The van der Waals surface area contributed by atoms with Crippen LogP contribution in [-0.2, 0) is 0 Å². The number of piperidine rings is 1. The molecule has 1 saturated heterocycles. The lowest BCUT2D eigenvalue weighted by atomic mass is 9.99. The first-order chi connectivity index (χ1) is 11.8. The van der Waals surface area contributed by atoms with Crippen molar-refractivity contribution in [2.24, 2.45) is 5.92 Å². The molecular weight excluding hydrogens is 304 g/mol. The van der Waals surface area contributed by atoms with Gasteiger partial charge in [-0.05, 0) is 49.1 Å². The first-order valence-corrected chi connectivity index (χ1v) is 8.47. The van der Waals surface area contributed by atoms with E-state index in [0.717, 1.165) is 43.7 Å². The first kappa shape index (κ1) is 16.7. The van der Waals surface area contributed by atoms with Crippen molar-refractivity contribution in [3.05, 3.63) is 42.1 Å². The number of rotatable bonds is 6. The number of hydrogen-bond acceptors (Lipinski definition) is 4. The average molecular weight is 328 g/mol. The highest BCUT2D eigenvalue weighted by atomic mass is 16.3. The fraction of sp³-hybridized carbons (Fsp3) is 0.444. The molecule has 2 heterocycles. The largest absolute Gasteiger partial charge is 0.396 e. The first-order valence-electron chi connectivity index (χ1n) is 8.47. The number of carbonyl (C=O) groups is 1. The third kappa shape index (κ3) is 4.21. The molecule has 0 saturated carbocycles. The van der Waals surface area contributed by atoms with Crippen molar-refractivity contribution in [2.45, 2.75) is 12.8 Å². The topological polar surface area (TPSA) is 81.2 Å². The number of aliphatic hydroxyl groups is 1. The van der Waals surface area contributed by atoms with Crippen LogP contribution in [0.25, 0.3) is 11.3 Å². The number of aliphatic hydroxyl groups excluding tert-OH is 1. The number of hydrogen-bond donors (Lipinski definition) is 3. The van der Waals surface area contributed by atoms with E-state index in [1.807, 2.05) is 30.3 Å². The molecule has 0 radical (unpaired) electrons. The van der Waals surface area contributed by atoms with Crippen molar-refractivity contribution in [1.82, 2.24) is 20.4 Å². The molecule has 3 rings (SSSR count). The van der Waals surface area contributed by atoms with Gasteiger partial charge in [0.2, 0.25) is 0 Å². The van der Waals surface area contributed by atoms with E-state index in [2.05, 4.69) is 20.4 Å². The lowest BCUT2D eigenvalue weighted by Crippen LogP contribution is -2.41. The highest BCUT2D eigenvalue weighted by Gasteiger charge is 2.18. The third-order valence-electron chi connectivity index (χ3n) is 4.53. The Hall–Kier alpha value is -2.18. The van der Waals surface area contributed by atoms with Crippen LogP contribution in [0.5, 0.6) is 0 Å². The number of likely N-dealkylation sites (tertiary alicyclic amines) is 1. The summed E-state index contributed by atoms with van der Waals surface area (Å²) >= 11 is 0. The zero-order chi connectivity index (χ0) is 16.8. The van der Waals surface area contributed by atoms with Gasteiger partial charge in [0, 0.05) is 38.0 Å². The maximum atomic E-state index is 12.2. The van der Waals surface area contributed by atoms with Gasteiger partial charge in [0.1, 0.15) is 0 Å². The van der Waals surface area contributed by atoms with Crippen molar-refractivity contribution in [3.8, 4) is 11.3 Å². The normalized spacial score (nSPS) is 18.5. The highest BCUT2D eigenvalue weighted by molar-refractivity contribution is 5.94. The Bertz CT molecular complexity index is 640. The summed E-state index contributed by atoms with van der Waals surface area (Å²) in [4.78, 5) is 14.5. The van der Waals surface area contributed by atoms with Gasteiger partial charge in [-0.1, -0.05) is 12.1 Å². The zero-order valence-electron chi connectivity index (χ0n) is 13.7. The molecule has 24 heavy (non-hydrogen) atoms. The van der Waals surface area contributed by atoms with Gasteiger partial charge < -0.3 is 15.3 Å². The molecule has 6 heteroatoms. The van der Waals surface area contributed by atoms with Crippen LogP contribution in [0.3, 0.4) is 0 Å². The number of aromatic nitrogens is 2. The molecule has 1 fully saturated rings. The standard InChI is InChI=1S/C18H24N4O2/c23-13-14-2-1-10-22(12-14)11-9-19-18(24)16-5-3-15(4-6-16)17-7-8-20-21-17/h3-8,14,23H,1-2,9-13H2,(H,19,24)(H,20,21). The fourth-order valence-electron chi connectivity index (χ4n) is 3.15. The van der Waals surface area contributed by atoms with E-state index in [4.69, 9.17) is 0 Å². The van der Waals surface area contributed by atoms with Crippen molar-refractivity contribution in [2.75, 3.05) is 32.8 Å². The molecule has 3 N–H and O–H groups in total. The minimum Gasteiger partial charge on any atom is -0.396 e. The fourth-order valence-corrected chi connectivity index (χ4v) is 3.15. The Balaban J connectivity index is 1.46. The lowest BCUT2D eigenvalue weighted by Gasteiger charge is -2.31. The smallest absolute Gasteiger partial charge is 0.251 e. The predicted octanol–water partition coefficient (Wildman–Crippen LogP) is 1.51. The molecule has 1 aromatic carbocycles. The van der Waals surface area contributed by atoms with Crippen molar-refractivity contribution in [1.29, 1.82) is 0 Å². The molecule has 1 unspecified atom stereocenters. The van der Waals surface area contributed by atoms with E-state index < -0.39 is 0 Å². The Kier molecular flexibility index (Phi) is 5.61. The van der Waals surface area contributed by atoms with Gasteiger partial charge in [-0.2, -0.15) is 5.10 Å². The third-order valence-corrected chi connectivity index (χ3v) is 4.53. The average Bonchev–Trinajstić information content (AvgIpc) is 3.16. The molecule has 1 atom stereocenters. The minimum atomic E-state index is -0.0538. The van der Waals surface area contributed by atoms with Gasteiger partial charge in [0.15, 0.2) is 0 Å². The van der Waals surface area contributed by atoms with Crippen LogP contribution in [0.1, 0.15) is 23.2 Å².